The highest BCUT2D eigenvalue weighted by Gasteiger charge is 2.01. The Balaban J connectivity index is 2.33. The molecule has 0 heterocycles. The second kappa shape index (κ2) is 7.07. The van der Waals surface area contributed by atoms with Gasteiger partial charge in [0.1, 0.15) is 5.75 Å². The molecule has 0 bridgehead atoms. The van der Waals surface area contributed by atoms with Crippen molar-refractivity contribution in [1.29, 1.82) is 0 Å². The summed E-state index contributed by atoms with van der Waals surface area (Å²) < 4.78 is 10.8. The monoisotopic (exact) mass is 220 g/mol. The van der Waals surface area contributed by atoms with Crippen molar-refractivity contribution >= 4 is 0 Å². The first-order valence-corrected chi connectivity index (χ1v) is 5.61. The van der Waals surface area contributed by atoms with E-state index in [0.717, 1.165) is 18.6 Å². The Morgan fingerprint density at radius 3 is 2.56 bits per heavy atom. The maximum Gasteiger partial charge on any atom is 0.118 e. The van der Waals surface area contributed by atoms with Gasteiger partial charge in [0.2, 0.25) is 0 Å². The first kappa shape index (κ1) is 12.8. The van der Waals surface area contributed by atoms with Crippen LogP contribution in [-0.2, 0) is 11.3 Å². The highest BCUT2D eigenvalue weighted by atomic mass is 16.5. The molecule has 0 spiro atoms. The van der Waals surface area contributed by atoms with Crippen molar-refractivity contribution < 1.29 is 9.47 Å². The summed E-state index contributed by atoms with van der Waals surface area (Å²) in [6, 6.07) is 7.96. The van der Waals surface area contributed by atoms with Crippen molar-refractivity contribution in [2.45, 2.75) is 32.5 Å². The first-order valence-electron chi connectivity index (χ1n) is 5.61. The van der Waals surface area contributed by atoms with Crippen LogP contribution in [0.4, 0.5) is 0 Å². The highest BCUT2D eigenvalue weighted by molar-refractivity contribution is 5.26. The second-order valence-electron chi connectivity index (χ2n) is 3.84. The van der Waals surface area contributed by atoms with E-state index >= 15 is 0 Å². The summed E-state index contributed by atoms with van der Waals surface area (Å²) in [5.74, 6) is 0.878. The summed E-state index contributed by atoms with van der Waals surface area (Å²) in [7, 11) is 1.67. The van der Waals surface area contributed by atoms with Crippen LogP contribution in [0.5, 0.6) is 5.75 Å². The average molecular weight is 220 g/mol. The van der Waals surface area contributed by atoms with Gasteiger partial charge in [0.25, 0.3) is 0 Å². The fraction of sp³-hybridized carbons (Fsp3) is 0.429. The van der Waals surface area contributed by atoms with Gasteiger partial charge < -0.3 is 9.47 Å². The zero-order chi connectivity index (χ0) is 11.8. The van der Waals surface area contributed by atoms with E-state index in [1.807, 2.05) is 30.3 Å². The minimum atomic E-state index is 0.278. The molecule has 0 N–H and O–H groups in total. The molecule has 1 atom stereocenters. The van der Waals surface area contributed by atoms with Crippen molar-refractivity contribution in [3.8, 4) is 5.75 Å². The van der Waals surface area contributed by atoms with E-state index < -0.39 is 0 Å². The van der Waals surface area contributed by atoms with Crippen molar-refractivity contribution in [2.24, 2.45) is 0 Å². The van der Waals surface area contributed by atoms with Crippen LogP contribution < -0.4 is 4.74 Å². The summed E-state index contributed by atoms with van der Waals surface area (Å²) in [5.41, 5.74) is 1.17. The van der Waals surface area contributed by atoms with E-state index in [1.165, 1.54) is 5.56 Å². The number of hydrogen-bond acceptors (Lipinski definition) is 2. The Kier molecular flexibility index (Phi) is 5.65. The van der Waals surface area contributed by atoms with Gasteiger partial charge in [-0.15, -0.1) is 6.58 Å². The number of methoxy groups -OCH3 is 1. The van der Waals surface area contributed by atoms with Crippen LogP contribution in [0.1, 0.15) is 25.3 Å². The summed E-state index contributed by atoms with van der Waals surface area (Å²) in [4.78, 5) is 0. The first-order chi connectivity index (χ1) is 7.76. The number of rotatable bonds is 7. The molecule has 0 amide bonds. The van der Waals surface area contributed by atoms with Crippen LogP contribution in [0, 0.1) is 0 Å². The molecule has 0 saturated heterocycles. The molecule has 0 saturated carbocycles. The average Bonchev–Trinajstić information content (AvgIpc) is 2.34. The van der Waals surface area contributed by atoms with Gasteiger partial charge in [-0.25, -0.2) is 0 Å². The number of allylic oxidation sites excluding steroid dienone is 1. The predicted octanol–water partition coefficient (Wildman–Crippen LogP) is 3.57. The molecule has 0 aliphatic heterocycles. The molecule has 1 aromatic rings. The molecule has 0 fully saturated rings. The lowest BCUT2D eigenvalue weighted by atomic mass is 10.2. The molecule has 0 aliphatic rings. The summed E-state index contributed by atoms with van der Waals surface area (Å²) in [6.07, 6.45) is 4.23. The maximum absolute atomic E-state index is 5.72. The normalized spacial score (nSPS) is 12.1. The fourth-order valence-corrected chi connectivity index (χ4v) is 1.40. The van der Waals surface area contributed by atoms with Gasteiger partial charge in [0.05, 0.1) is 19.8 Å². The molecule has 0 aromatic heterocycles. The number of ether oxygens (including phenoxy) is 2. The summed E-state index contributed by atoms with van der Waals surface area (Å²) in [6.45, 7) is 6.45. The SMILES string of the molecule is C=CCCC(C)OCc1ccc(OC)cc1. The van der Waals surface area contributed by atoms with Crippen LogP contribution in [0.3, 0.4) is 0 Å². The lowest BCUT2D eigenvalue weighted by Gasteiger charge is -2.12. The molecule has 88 valence electrons. The smallest absolute Gasteiger partial charge is 0.118 e. The zero-order valence-electron chi connectivity index (χ0n) is 10.1. The van der Waals surface area contributed by atoms with Crippen LogP contribution >= 0.6 is 0 Å². The molecule has 2 heteroatoms. The Morgan fingerprint density at radius 1 is 1.31 bits per heavy atom. The van der Waals surface area contributed by atoms with Gasteiger partial charge in [-0.2, -0.15) is 0 Å². The van der Waals surface area contributed by atoms with Crippen LogP contribution in [0.2, 0.25) is 0 Å². The van der Waals surface area contributed by atoms with E-state index in [0.29, 0.717) is 6.61 Å². The Labute approximate surface area is 97.9 Å². The van der Waals surface area contributed by atoms with Crippen molar-refractivity contribution in [3.05, 3.63) is 42.5 Å². The fourth-order valence-electron chi connectivity index (χ4n) is 1.40. The standard InChI is InChI=1S/C14H20O2/c1-4-5-6-12(2)16-11-13-7-9-14(15-3)10-8-13/h4,7-10,12H,1,5-6,11H2,2-3H3. The predicted molar refractivity (Wildman–Crippen MR) is 66.7 cm³/mol. The van der Waals surface area contributed by atoms with Gasteiger partial charge in [-0.3, -0.25) is 0 Å². The Morgan fingerprint density at radius 2 is 2.00 bits per heavy atom. The summed E-state index contributed by atoms with van der Waals surface area (Å²) >= 11 is 0. The zero-order valence-corrected chi connectivity index (χ0v) is 10.1. The van der Waals surface area contributed by atoms with Crippen LogP contribution in [0.15, 0.2) is 36.9 Å². The third-order valence-corrected chi connectivity index (χ3v) is 2.47. The van der Waals surface area contributed by atoms with Crippen LogP contribution in [0.25, 0.3) is 0 Å². The number of hydrogen-bond donors (Lipinski definition) is 0. The Hall–Kier alpha value is -1.28. The summed E-state index contributed by atoms with van der Waals surface area (Å²) in [5, 5.41) is 0. The third kappa shape index (κ3) is 4.49. The molecule has 0 radical (unpaired) electrons. The van der Waals surface area contributed by atoms with Gasteiger partial charge in [0, 0.05) is 0 Å². The van der Waals surface area contributed by atoms with E-state index in [1.54, 1.807) is 7.11 Å². The Bertz CT molecular complexity index is 303. The van der Waals surface area contributed by atoms with Gasteiger partial charge in [-0.1, -0.05) is 18.2 Å². The third-order valence-electron chi connectivity index (χ3n) is 2.47. The molecule has 1 rings (SSSR count). The molecular formula is C14H20O2. The minimum Gasteiger partial charge on any atom is -0.497 e. The van der Waals surface area contributed by atoms with Crippen molar-refractivity contribution in [3.63, 3.8) is 0 Å². The molecular weight excluding hydrogens is 200 g/mol. The maximum atomic E-state index is 5.72. The van der Waals surface area contributed by atoms with Crippen LogP contribution in [-0.4, -0.2) is 13.2 Å². The van der Waals surface area contributed by atoms with E-state index in [-0.39, 0.29) is 6.10 Å². The van der Waals surface area contributed by atoms with Gasteiger partial charge in [-0.05, 0) is 37.5 Å². The van der Waals surface area contributed by atoms with Crippen molar-refractivity contribution in [1.82, 2.24) is 0 Å². The molecule has 0 aliphatic carbocycles. The lowest BCUT2D eigenvalue weighted by Crippen LogP contribution is -2.07. The molecule has 1 unspecified atom stereocenters. The molecule has 1 aromatic carbocycles. The topological polar surface area (TPSA) is 18.5 Å². The minimum absolute atomic E-state index is 0.278. The molecule has 2 nitrogen and oxygen atoms in total. The highest BCUT2D eigenvalue weighted by Crippen LogP contribution is 2.13. The quantitative estimate of drug-likeness (QED) is 0.654. The lowest BCUT2D eigenvalue weighted by molar-refractivity contribution is 0.0483. The number of benzene rings is 1. The van der Waals surface area contributed by atoms with Gasteiger partial charge in [0.15, 0.2) is 0 Å². The van der Waals surface area contributed by atoms with E-state index in [9.17, 15) is 0 Å². The largest absolute Gasteiger partial charge is 0.497 e. The molecule has 16 heavy (non-hydrogen) atoms. The van der Waals surface area contributed by atoms with E-state index in [4.69, 9.17) is 9.47 Å². The van der Waals surface area contributed by atoms with Crippen molar-refractivity contribution in [2.75, 3.05) is 7.11 Å². The van der Waals surface area contributed by atoms with E-state index in [2.05, 4.69) is 13.5 Å². The van der Waals surface area contributed by atoms with Gasteiger partial charge >= 0.3 is 0 Å². The second-order valence-corrected chi connectivity index (χ2v) is 3.84.